The Morgan fingerprint density at radius 3 is 2.33 bits per heavy atom. The molecule has 1 heterocycles. The lowest BCUT2D eigenvalue weighted by atomic mass is 10.0. The molecule has 4 heteroatoms. The van der Waals surface area contributed by atoms with Crippen LogP contribution in [0.15, 0.2) is 48.9 Å². The number of halogens is 2. The highest BCUT2D eigenvalue weighted by Crippen LogP contribution is 2.26. The van der Waals surface area contributed by atoms with Crippen molar-refractivity contribution >= 4 is 43.8 Å². The van der Waals surface area contributed by atoms with Crippen LogP contribution in [0.3, 0.4) is 0 Å². The molecule has 0 aliphatic carbocycles. The Kier molecular flexibility index (Phi) is 4.40. The Hall–Kier alpha value is -0.870. The molecule has 0 bridgehead atoms. The molecular formula is C14H13Br2NO. The van der Waals surface area contributed by atoms with E-state index in [-0.39, 0.29) is 0 Å². The monoisotopic (exact) mass is 369 g/mol. The van der Waals surface area contributed by atoms with Crippen molar-refractivity contribution in [3.63, 3.8) is 0 Å². The minimum absolute atomic E-state index is 0.542. The zero-order chi connectivity index (χ0) is 13.1. The van der Waals surface area contributed by atoms with Crippen LogP contribution >= 0.6 is 31.9 Å². The van der Waals surface area contributed by atoms with Crippen molar-refractivity contribution in [3.8, 4) is 0 Å². The summed E-state index contributed by atoms with van der Waals surface area (Å²) >= 11 is 6.66. The molecule has 0 radical (unpaired) electrons. The molecule has 2 nitrogen and oxygen atoms in total. The van der Waals surface area contributed by atoms with Gasteiger partial charge in [-0.25, -0.2) is 0 Å². The molecule has 0 amide bonds. The van der Waals surface area contributed by atoms with Crippen molar-refractivity contribution in [2.24, 2.45) is 4.99 Å². The molecular weight excluding hydrogens is 358 g/mol. The van der Waals surface area contributed by atoms with Gasteiger partial charge in [-0.3, -0.25) is 4.99 Å². The summed E-state index contributed by atoms with van der Waals surface area (Å²) in [6, 6.07) is 10.1. The summed E-state index contributed by atoms with van der Waals surface area (Å²) in [5, 5.41) is 0. The second-order valence-electron chi connectivity index (χ2n) is 4.27. The summed E-state index contributed by atoms with van der Waals surface area (Å²) in [5.41, 5.74) is 2.24. The highest BCUT2D eigenvalue weighted by Gasteiger charge is 2.03. The van der Waals surface area contributed by atoms with E-state index in [0.29, 0.717) is 16.3 Å². The third-order valence-electron chi connectivity index (χ3n) is 2.56. The predicted molar refractivity (Wildman–Crippen MR) is 81.9 cm³/mol. The smallest absolute Gasteiger partial charge is 0.184 e. The molecule has 0 saturated heterocycles. The normalized spacial score (nSPS) is 11.6. The zero-order valence-electron chi connectivity index (χ0n) is 10.2. The van der Waals surface area contributed by atoms with Crippen LogP contribution in [0, 0.1) is 0 Å². The minimum atomic E-state index is 0.542. The van der Waals surface area contributed by atoms with Crippen LogP contribution in [0.2, 0.25) is 0 Å². The summed E-state index contributed by atoms with van der Waals surface area (Å²) in [6.45, 7) is 4.35. The Balaban J connectivity index is 2.13. The van der Waals surface area contributed by atoms with Gasteiger partial charge in [-0.2, -0.15) is 0 Å². The summed E-state index contributed by atoms with van der Waals surface area (Å²) < 4.78 is 6.99. The van der Waals surface area contributed by atoms with Crippen molar-refractivity contribution in [1.82, 2.24) is 0 Å². The predicted octanol–water partition coefficient (Wildman–Crippen LogP) is 5.68. The third kappa shape index (κ3) is 3.33. The summed E-state index contributed by atoms with van der Waals surface area (Å²) in [7, 11) is 0. The summed E-state index contributed by atoms with van der Waals surface area (Å²) in [5.74, 6) is 1.25. The van der Waals surface area contributed by atoms with E-state index in [1.165, 1.54) is 5.56 Å². The number of hydrogen-bond acceptors (Lipinski definition) is 2. The molecule has 0 aliphatic heterocycles. The van der Waals surface area contributed by atoms with E-state index in [0.717, 1.165) is 10.2 Å². The number of nitrogens with zero attached hydrogens (tertiary/aromatic N) is 1. The van der Waals surface area contributed by atoms with Crippen molar-refractivity contribution in [2.45, 2.75) is 19.8 Å². The fraction of sp³-hybridized carbons (Fsp3) is 0.214. The summed E-state index contributed by atoms with van der Waals surface area (Å²) in [4.78, 5) is 4.37. The number of furan rings is 1. The molecule has 94 valence electrons. The molecule has 0 saturated carbocycles. The van der Waals surface area contributed by atoms with E-state index in [9.17, 15) is 0 Å². The van der Waals surface area contributed by atoms with Crippen LogP contribution in [0.5, 0.6) is 0 Å². The molecule has 0 N–H and O–H groups in total. The lowest BCUT2D eigenvalue weighted by molar-refractivity contribution is 0.533. The van der Waals surface area contributed by atoms with Crippen molar-refractivity contribution in [1.29, 1.82) is 0 Å². The van der Waals surface area contributed by atoms with Gasteiger partial charge < -0.3 is 4.42 Å². The first-order valence-corrected chi connectivity index (χ1v) is 7.23. The van der Waals surface area contributed by atoms with Crippen LogP contribution in [0.4, 0.5) is 5.69 Å². The van der Waals surface area contributed by atoms with Gasteiger partial charge in [0.05, 0.1) is 16.4 Å². The fourth-order valence-corrected chi connectivity index (χ4v) is 2.12. The average Bonchev–Trinajstić information content (AvgIpc) is 2.67. The maximum atomic E-state index is 5.42. The molecule has 2 rings (SSSR count). The summed E-state index contributed by atoms with van der Waals surface area (Å²) in [6.07, 6.45) is 1.71. The highest BCUT2D eigenvalue weighted by atomic mass is 79.9. The second kappa shape index (κ2) is 5.85. The first-order chi connectivity index (χ1) is 8.56. The van der Waals surface area contributed by atoms with Crippen LogP contribution < -0.4 is 0 Å². The van der Waals surface area contributed by atoms with Gasteiger partial charge in [0.15, 0.2) is 4.67 Å². The number of benzene rings is 1. The maximum Gasteiger partial charge on any atom is 0.184 e. The molecule has 0 atom stereocenters. The van der Waals surface area contributed by atoms with E-state index in [1.807, 2.05) is 18.2 Å². The lowest BCUT2D eigenvalue weighted by Gasteiger charge is -2.04. The van der Waals surface area contributed by atoms with Crippen LogP contribution in [-0.2, 0) is 0 Å². The van der Waals surface area contributed by atoms with E-state index in [2.05, 4.69) is 62.8 Å². The average molecular weight is 371 g/mol. The second-order valence-corrected chi connectivity index (χ2v) is 5.85. The molecule has 18 heavy (non-hydrogen) atoms. The zero-order valence-corrected chi connectivity index (χ0v) is 13.3. The SMILES string of the molecule is CC(C)c1ccc(N=Cc2cc(Br)c(Br)o2)cc1. The van der Waals surface area contributed by atoms with Crippen molar-refractivity contribution in [3.05, 3.63) is 50.8 Å². The van der Waals surface area contributed by atoms with Gasteiger partial charge in [-0.1, -0.05) is 26.0 Å². The van der Waals surface area contributed by atoms with Crippen molar-refractivity contribution < 1.29 is 4.42 Å². The first-order valence-electron chi connectivity index (χ1n) is 5.65. The molecule has 0 unspecified atom stereocenters. The van der Waals surface area contributed by atoms with E-state index in [4.69, 9.17) is 4.42 Å². The van der Waals surface area contributed by atoms with Gasteiger partial charge in [-0.05, 0) is 55.5 Å². The molecule has 0 aliphatic rings. The van der Waals surface area contributed by atoms with Gasteiger partial charge >= 0.3 is 0 Å². The van der Waals surface area contributed by atoms with Crippen LogP contribution in [-0.4, -0.2) is 6.21 Å². The molecule has 1 aromatic heterocycles. The molecule has 0 fully saturated rings. The maximum absolute atomic E-state index is 5.42. The van der Waals surface area contributed by atoms with Gasteiger partial charge in [-0.15, -0.1) is 0 Å². The topological polar surface area (TPSA) is 25.5 Å². The van der Waals surface area contributed by atoms with E-state index < -0.39 is 0 Å². The Morgan fingerprint density at radius 2 is 1.83 bits per heavy atom. The quantitative estimate of drug-likeness (QED) is 0.638. The van der Waals surface area contributed by atoms with E-state index in [1.54, 1.807) is 6.21 Å². The number of aliphatic imine (C=N–C) groups is 1. The van der Waals surface area contributed by atoms with Crippen LogP contribution in [0.1, 0.15) is 31.1 Å². The van der Waals surface area contributed by atoms with Crippen molar-refractivity contribution in [2.75, 3.05) is 0 Å². The van der Waals surface area contributed by atoms with E-state index >= 15 is 0 Å². The van der Waals surface area contributed by atoms with Gasteiger partial charge in [0.25, 0.3) is 0 Å². The Morgan fingerprint density at radius 1 is 1.17 bits per heavy atom. The van der Waals surface area contributed by atoms with Crippen LogP contribution in [0.25, 0.3) is 0 Å². The Bertz CT molecular complexity index is 536. The largest absolute Gasteiger partial charge is 0.447 e. The third-order valence-corrected chi connectivity index (χ3v) is 4.27. The molecule has 1 aromatic carbocycles. The highest BCUT2D eigenvalue weighted by molar-refractivity contribution is 9.13. The molecule has 0 spiro atoms. The Labute approximate surface area is 123 Å². The molecule has 2 aromatic rings. The number of hydrogen-bond donors (Lipinski definition) is 0. The van der Waals surface area contributed by atoms with Gasteiger partial charge in [0, 0.05) is 6.07 Å². The fourth-order valence-electron chi connectivity index (χ4n) is 1.51. The standard InChI is InChI=1S/C14H13Br2NO/c1-9(2)10-3-5-11(6-4-10)17-8-12-7-13(15)14(16)18-12/h3-9H,1-2H3. The van der Waals surface area contributed by atoms with Gasteiger partial charge in [0.1, 0.15) is 5.76 Å². The lowest BCUT2D eigenvalue weighted by Crippen LogP contribution is -1.84. The van der Waals surface area contributed by atoms with Gasteiger partial charge in [0.2, 0.25) is 0 Å². The first kappa shape index (κ1) is 13.6. The number of rotatable bonds is 3. The minimum Gasteiger partial charge on any atom is -0.447 e.